The van der Waals surface area contributed by atoms with Crippen molar-refractivity contribution in [2.24, 2.45) is 0 Å². The molecule has 0 atom stereocenters. The first-order valence-electron chi connectivity index (χ1n) is 5.03. The number of hydrogen-bond acceptors (Lipinski definition) is 3. The molecule has 0 bridgehead atoms. The molecule has 15 heavy (non-hydrogen) atoms. The van der Waals surface area contributed by atoms with Gasteiger partial charge in [-0.3, -0.25) is 4.79 Å². The summed E-state index contributed by atoms with van der Waals surface area (Å²) in [6, 6.07) is 7.75. The summed E-state index contributed by atoms with van der Waals surface area (Å²) in [7, 11) is 3.98. The van der Waals surface area contributed by atoms with Crippen LogP contribution in [0.3, 0.4) is 0 Å². The highest BCUT2D eigenvalue weighted by Crippen LogP contribution is 2.14. The summed E-state index contributed by atoms with van der Waals surface area (Å²) in [5, 5.41) is 0. The molecule has 0 N–H and O–H groups in total. The van der Waals surface area contributed by atoms with E-state index in [2.05, 4.69) is 6.92 Å². The fraction of sp³-hybridized carbons (Fsp3) is 0.417. The molecule has 0 aliphatic heterocycles. The van der Waals surface area contributed by atoms with E-state index >= 15 is 0 Å². The highest BCUT2D eigenvalue weighted by molar-refractivity contribution is 7.99. The molecule has 0 aliphatic carbocycles. The zero-order valence-corrected chi connectivity index (χ0v) is 10.3. The molecule has 0 aromatic heterocycles. The Kier molecular flexibility index (Phi) is 4.69. The minimum atomic E-state index is 0.215. The van der Waals surface area contributed by atoms with Gasteiger partial charge in [0, 0.05) is 25.3 Å². The minimum Gasteiger partial charge on any atom is -0.378 e. The number of anilines is 1. The average molecular weight is 223 g/mol. The Balaban J connectivity index is 2.67. The molecule has 1 rings (SSSR count). The number of thioether (sulfide) groups is 1. The molecule has 2 nitrogen and oxygen atoms in total. The standard InChI is InChI=1S/C12H17NOS/c1-4-15-9-12(14)10-5-7-11(8-6-10)13(2)3/h5-8H,4,9H2,1-3H3. The molecule has 1 aromatic rings. The van der Waals surface area contributed by atoms with Crippen molar-refractivity contribution in [3.05, 3.63) is 29.8 Å². The summed E-state index contributed by atoms with van der Waals surface area (Å²) in [5.41, 5.74) is 1.93. The second-order valence-corrected chi connectivity index (χ2v) is 4.78. The van der Waals surface area contributed by atoms with Gasteiger partial charge in [0.05, 0.1) is 5.75 Å². The molecular weight excluding hydrogens is 206 g/mol. The molecule has 0 aliphatic rings. The molecule has 0 heterocycles. The number of nitrogens with zero attached hydrogens (tertiary/aromatic N) is 1. The van der Waals surface area contributed by atoms with E-state index in [1.54, 1.807) is 11.8 Å². The van der Waals surface area contributed by atoms with Crippen molar-refractivity contribution < 1.29 is 4.79 Å². The van der Waals surface area contributed by atoms with Crippen LogP contribution in [0.15, 0.2) is 24.3 Å². The summed E-state index contributed by atoms with van der Waals surface area (Å²) >= 11 is 1.66. The lowest BCUT2D eigenvalue weighted by Gasteiger charge is -2.12. The predicted octanol–water partition coefficient (Wildman–Crippen LogP) is 2.69. The Morgan fingerprint density at radius 1 is 1.27 bits per heavy atom. The molecule has 0 spiro atoms. The zero-order chi connectivity index (χ0) is 11.3. The summed E-state index contributed by atoms with van der Waals surface area (Å²) in [4.78, 5) is 13.7. The van der Waals surface area contributed by atoms with Crippen LogP contribution in [0.25, 0.3) is 0 Å². The Morgan fingerprint density at radius 2 is 1.87 bits per heavy atom. The van der Waals surface area contributed by atoms with E-state index in [9.17, 15) is 4.79 Å². The van der Waals surface area contributed by atoms with Crippen molar-refractivity contribution in [2.45, 2.75) is 6.92 Å². The third-order valence-corrected chi connectivity index (χ3v) is 3.02. The zero-order valence-electron chi connectivity index (χ0n) is 9.49. The highest BCUT2D eigenvalue weighted by atomic mass is 32.2. The van der Waals surface area contributed by atoms with E-state index in [1.165, 1.54) is 0 Å². The van der Waals surface area contributed by atoms with Gasteiger partial charge in [-0.2, -0.15) is 11.8 Å². The second kappa shape index (κ2) is 5.81. The van der Waals surface area contributed by atoms with Crippen LogP contribution in [0.1, 0.15) is 17.3 Å². The van der Waals surface area contributed by atoms with E-state index < -0.39 is 0 Å². The maximum atomic E-state index is 11.7. The molecule has 0 amide bonds. The summed E-state index contributed by atoms with van der Waals surface area (Å²) < 4.78 is 0. The molecule has 1 aromatic carbocycles. The lowest BCUT2D eigenvalue weighted by Crippen LogP contribution is -2.09. The molecule has 3 heteroatoms. The predicted molar refractivity (Wildman–Crippen MR) is 68.1 cm³/mol. The first kappa shape index (κ1) is 12.1. The monoisotopic (exact) mass is 223 g/mol. The molecule has 0 unspecified atom stereocenters. The number of ketones is 1. The molecule has 0 fully saturated rings. The van der Waals surface area contributed by atoms with E-state index in [0.29, 0.717) is 5.75 Å². The van der Waals surface area contributed by atoms with Gasteiger partial charge in [-0.25, -0.2) is 0 Å². The summed E-state index contributed by atoms with van der Waals surface area (Å²) in [6.45, 7) is 2.06. The van der Waals surface area contributed by atoms with Gasteiger partial charge in [-0.05, 0) is 30.0 Å². The molecule has 0 saturated carbocycles. The van der Waals surface area contributed by atoms with Crippen molar-refractivity contribution in [1.82, 2.24) is 0 Å². The number of carbonyl (C=O) groups is 1. The second-order valence-electron chi connectivity index (χ2n) is 3.50. The van der Waals surface area contributed by atoms with E-state index in [-0.39, 0.29) is 5.78 Å². The van der Waals surface area contributed by atoms with Gasteiger partial charge >= 0.3 is 0 Å². The summed E-state index contributed by atoms with van der Waals surface area (Å²) in [6.07, 6.45) is 0. The van der Waals surface area contributed by atoms with Crippen LogP contribution in [0.5, 0.6) is 0 Å². The highest BCUT2D eigenvalue weighted by Gasteiger charge is 2.05. The van der Waals surface area contributed by atoms with Crippen LogP contribution < -0.4 is 4.90 Å². The van der Waals surface area contributed by atoms with Gasteiger partial charge in [0.15, 0.2) is 5.78 Å². The van der Waals surface area contributed by atoms with E-state index in [1.807, 2.05) is 43.3 Å². The van der Waals surface area contributed by atoms with Crippen molar-refractivity contribution >= 4 is 23.2 Å². The third-order valence-electron chi connectivity index (χ3n) is 2.14. The van der Waals surface area contributed by atoms with Crippen LogP contribution in [0.2, 0.25) is 0 Å². The number of carbonyl (C=O) groups excluding carboxylic acids is 1. The fourth-order valence-corrected chi connectivity index (χ4v) is 1.78. The summed E-state index contributed by atoms with van der Waals surface area (Å²) in [5.74, 6) is 1.78. The quantitative estimate of drug-likeness (QED) is 0.716. The lowest BCUT2D eigenvalue weighted by molar-refractivity contribution is 0.102. The van der Waals surface area contributed by atoms with E-state index in [4.69, 9.17) is 0 Å². The Hall–Kier alpha value is -0.960. The number of rotatable bonds is 5. The van der Waals surface area contributed by atoms with Crippen molar-refractivity contribution in [3.8, 4) is 0 Å². The molecule has 0 saturated heterocycles. The van der Waals surface area contributed by atoms with Gasteiger partial charge in [-0.15, -0.1) is 0 Å². The minimum absolute atomic E-state index is 0.215. The van der Waals surface area contributed by atoms with Crippen molar-refractivity contribution in [2.75, 3.05) is 30.5 Å². The molecule has 0 radical (unpaired) electrons. The van der Waals surface area contributed by atoms with Gasteiger partial charge in [0.1, 0.15) is 0 Å². The maximum Gasteiger partial charge on any atom is 0.172 e. The number of benzene rings is 1. The van der Waals surface area contributed by atoms with Crippen LogP contribution >= 0.6 is 11.8 Å². The SMILES string of the molecule is CCSCC(=O)c1ccc(N(C)C)cc1. The number of hydrogen-bond donors (Lipinski definition) is 0. The normalized spacial score (nSPS) is 10.1. The average Bonchev–Trinajstić information content (AvgIpc) is 2.26. The van der Waals surface area contributed by atoms with Crippen LogP contribution in [0.4, 0.5) is 5.69 Å². The number of Topliss-reactive ketones (excluding diaryl/α,β-unsaturated/α-hetero) is 1. The van der Waals surface area contributed by atoms with Gasteiger partial charge in [0.2, 0.25) is 0 Å². The van der Waals surface area contributed by atoms with Gasteiger partial charge in [-0.1, -0.05) is 6.92 Å². The van der Waals surface area contributed by atoms with Crippen molar-refractivity contribution in [3.63, 3.8) is 0 Å². The first-order valence-corrected chi connectivity index (χ1v) is 6.19. The van der Waals surface area contributed by atoms with Crippen LogP contribution in [-0.4, -0.2) is 31.4 Å². The Bertz CT molecular complexity index is 319. The Labute approximate surface area is 95.7 Å². The smallest absolute Gasteiger partial charge is 0.172 e. The van der Waals surface area contributed by atoms with Gasteiger partial charge < -0.3 is 4.90 Å². The fourth-order valence-electron chi connectivity index (χ4n) is 1.22. The molecular formula is C12H17NOS. The third kappa shape index (κ3) is 3.59. The van der Waals surface area contributed by atoms with Crippen LogP contribution in [-0.2, 0) is 0 Å². The lowest BCUT2D eigenvalue weighted by atomic mass is 10.1. The van der Waals surface area contributed by atoms with Gasteiger partial charge in [0.25, 0.3) is 0 Å². The maximum absolute atomic E-state index is 11.7. The largest absolute Gasteiger partial charge is 0.378 e. The Morgan fingerprint density at radius 3 is 2.33 bits per heavy atom. The van der Waals surface area contributed by atoms with Crippen LogP contribution in [0, 0.1) is 0 Å². The van der Waals surface area contributed by atoms with Crippen molar-refractivity contribution in [1.29, 1.82) is 0 Å². The topological polar surface area (TPSA) is 20.3 Å². The molecule has 82 valence electrons. The first-order chi connectivity index (χ1) is 7.15. The van der Waals surface area contributed by atoms with E-state index in [0.717, 1.165) is 17.0 Å².